The van der Waals surface area contributed by atoms with Crippen LogP contribution in [-0.2, 0) is 10.5 Å². The number of amides is 1. The van der Waals surface area contributed by atoms with Crippen LogP contribution in [0.2, 0.25) is 10.0 Å². The molecule has 1 amide bonds. The van der Waals surface area contributed by atoms with E-state index in [4.69, 9.17) is 27.9 Å². The van der Waals surface area contributed by atoms with Crippen LogP contribution >= 0.6 is 35.0 Å². The Balaban J connectivity index is 1.80. The fourth-order valence-corrected chi connectivity index (χ4v) is 3.35. The van der Waals surface area contributed by atoms with Crippen LogP contribution in [-0.4, -0.2) is 18.8 Å². The number of hydrogen-bond acceptors (Lipinski definition) is 3. The second kappa shape index (κ2) is 9.06. The summed E-state index contributed by atoms with van der Waals surface area (Å²) >= 11 is 13.7. The lowest BCUT2D eigenvalue weighted by molar-refractivity contribution is -0.115. The van der Waals surface area contributed by atoms with E-state index in [-0.39, 0.29) is 5.91 Å². The van der Waals surface area contributed by atoms with E-state index in [0.29, 0.717) is 28.6 Å². The highest BCUT2D eigenvalue weighted by Gasteiger charge is 2.08. The summed E-state index contributed by atoms with van der Waals surface area (Å²) in [6.07, 6.45) is 0.408. The van der Waals surface area contributed by atoms with E-state index in [9.17, 15) is 4.79 Å². The van der Waals surface area contributed by atoms with Crippen LogP contribution in [0.3, 0.4) is 0 Å². The number of ether oxygens (including phenoxy) is 1. The topological polar surface area (TPSA) is 38.3 Å². The number of carbonyl (C=O) groups is 1. The fourth-order valence-electron chi connectivity index (χ4n) is 1.95. The molecule has 2 rings (SSSR count). The lowest BCUT2D eigenvalue weighted by Crippen LogP contribution is -2.13. The molecule has 2 aromatic rings. The predicted octanol–water partition coefficient (Wildman–Crippen LogP) is 5.26. The first-order chi connectivity index (χ1) is 11.1. The Morgan fingerprint density at radius 3 is 2.74 bits per heavy atom. The number of hydrogen-bond donors (Lipinski definition) is 1. The molecule has 0 aromatic heterocycles. The first kappa shape index (κ1) is 18.0. The van der Waals surface area contributed by atoms with Gasteiger partial charge < -0.3 is 10.1 Å². The monoisotopic (exact) mass is 369 g/mol. The highest BCUT2D eigenvalue weighted by Crippen LogP contribution is 2.28. The van der Waals surface area contributed by atoms with E-state index < -0.39 is 0 Å². The summed E-state index contributed by atoms with van der Waals surface area (Å²) in [5.41, 5.74) is 1.66. The van der Waals surface area contributed by atoms with Crippen molar-refractivity contribution in [3.63, 3.8) is 0 Å². The summed E-state index contributed by atoms with van der Waals surface area (Å²) in [6.45, 7) is 0. The van der Waals surface area contributed by atoms with Crippen LogP contribution in [0.4, 0.5) is 5.69 Å². The van der Waals surface area contributed by atoms with Gasteiger partial charge >= 0.3 is 0 Å². The molecule has 0 unspecified atom stereocenters. The summed E-state index contributed by atoms with van der Waals surface area (Å²) in [5, 5.41) is 4.13. The second-order valence-electron chi connectivity index (χ2n) is 4.79. The van der Waals surface area contributed by atoms with Gasteiger partial charge in [0.15, 0.2) is 0 Å². The molecular formula is C17H17Cl2NO2S. The van der Waals surface area contributed by atoms with Crippen molar-refractivity contribution in [1.29, 1.82) is 0 Å². The number of rotatable bonds is 7. The van der Waals surface area contributed by atoms with Crippen molar-refractivity contribution in [2.24, 2.45) is 0 Å². The van der Waals surface area contributed by atoms with Gasteiger partial charge in [0.2, 0.25) is 5.91 Å². The summed E-state index contributed by atoms with van der Waals surface area (Å²) < 4.78 is 5.20. The Hall–Kier alpha value is -1.36. The lowest BCUT2D eigenvalue weighted by Gasteiger charge is -2.10. The molecule has 3 nitrogen and oxygen atoms in total. The molecule has 0 aliphatic rings. The van der Waals surface area contributed by atoms with E-state index in [1.807, 2.05) is 24.3 Å². The van der Waals surface area contributed by atoms with Crippen molar-refractivity contribution in [1.82, 2.24) is 0 Å². The van der Waals surface area contributed by atoms with Crippen LogP contribution in [0.1, 0.15) is 12.0 Å². The average Bonchev–Trinajstić information content (AvgIpc) is 2.53. The van der Waals surface area contributed by atoms with Crippen molar-refractivity contribution in [2.75, 3.05) is 18.2 Å². The third kappa shape index (κ3) is 5.65. The third-order valence-electron chi connectivity index (χ3n) is 3.12. The molecule has 0 saturated carbocycles. The van der Waals surface area contributed by atoms with Gasteiger partial charge in [-0.25, -0.2) is 0 Å². The number of anilines is 1. The zero-order valence-electron chi connectivity index (χ0n) is 12.6. The molecule has 2 aromatic carbocycles. The molecule has 122 valence electrons. The number of benzene rings is 2. The van der Waals surface area contributed by atoms with Gasteiger partial charge in [0, 0.05) is 28.0 Å². The normalized spacial score (nSPS) is 10.4. The van der Waals surface area contributed by atoms with E-state index in [1.54, 1.807) is 37.1 Å². The van der Waals surface area contributed by atoms with Gasteiger partial charge in [0.25, 0.3) is 0 Å². The summed E-state index contributed by atoms with van der Waals surface area (Å²) in [4.78, 5) is 12.0. The molecule has 1 N–H and O–H groups in total. The van der Waals surface area contributed by atoms with Crippen molar-refractivity contribution in [2.45, 2.75) is 12.2 Å². The third-order valence-corrected chi connectivity index (χ3v) is 4.74. The molecule has 0 radical (unpaired) electrons. The van der Waals surface area contributed by atoms with Gasteiger partial charge in [-0.3, -0.25) is 4.79 Å². The maximum absolute atomic E-state index is 12.0. The van der Waals surface area contributed by atoms with Crippen LogP contribution in [0, 0.1) is 0 Å². The van der Waals surface area contributed by atoms with Gasteiger partial charge in [-0.05, 0) is 29.8 Å². The molecule has 0 heterocycles. The molecule has 0 saturated heterocycles. The van der Waals surface area contributed by atoms with Gasteiger partial charge in [0.05, 0.1) is 12.8 Å². The zero-order valence-corrected chi connectivity index (χ0v) is 15.0. The molecule has 0 aliphatic carbocycles. The van der Waals surface area contributed by atoms with E-state index in [1.165, 1.54) is 0 Å². The van der Waals surface area contributed by atoms with Crippen molar-refractivity contribution >= 4 is 46.6 Å². The first-order valence-electron chi connectivity index (χ1n) is 7.04. The zero-order chi connectivity index (χ0) is 16.7. The molecule has 0 atom stereocenters. The Labute approximate surface area is 150 Å². The number of carbonyl (C=O) groups excluding carboxylic acids is 1. The maximum atomic E-state index is 12.0. The minimum atomic E-state index is -0.0720. The number of halogens is 2. The smallest absolute Gasteiger partial charge is 0.225 e. The standard InChI is InChI=1S/C17H17Cl2NO2S/c1-22-16-7-6-13(18)10-15(16)20-17(21)8-9-23-11-12-4-2-3-5-14(12)19/h2-7,10H,8-9,11H2,1H3,(H,20,21). The Morgan fingerprint density at radius 1 is 1.22 bits per heavy atom. The Morgan fingerprint density at radius 2 is 2.00 bits per heavy atom. The highest BCUT2D eigenvalue weighted by atomic mass is 35.5. The van der Waals surface area contributed by atoms with Gasteiger partial charge in [-0.15, -0.1) is 0 Å². The fraction of sp³-hybridized carbons (Fsp3) is 0.235. The molecule has 0 bridgehead atoms. The Kier molecular flexibility index (Phi) is 7.09. The van der Waals surface area contributed by atoms with E-state index in [0.717, 1.165) is 16.3 Å². The predicted molar refractivity (Wildman–Crippen MR) is 98.9 cm³/mol. The summed E-state index contributed by atoms with van der Waals surface area (Å²) in [6, 6.07) is 12.8. The molecule has 23 heavy (non-hydrogen) atoms. The minimum absolute atomic E-state index is 0.0720. The van der Waals surface area contributed by atoms with Crippen LogP contribution < -0.4 is 10.1 Å². The van der Waals surface area contributed by atoms with Crippen molar-refractivity contribution < 1.29 is 9.53 Å². The van der Waals surface area contributed by atoms with Gasteiger partial charge in [-0.2, -0.15) is 11.8 Å². The second-order valence-corrected chi connectivity index (χ2v) is 6.74. The number of methoxy groups -OCH3 is 1. The van der Waals surface area contributed by atoms with Crippen LogP contribution in [0.5, 0.6) is 5.75 Å². The van der Waals surface area contributed by atoms with E-state index in [2.05, 4.69) is 5.32 Å². The summed E-state index contributed by atoms with van der Waals surface area (Å²) in [5.74, 6) is 2.01. The number of nitrogens with one attached hydrogen (secondary N) is 1. The molecular weight excluding hydrogens is 353 g/mol. The lowest BCUT2D eigenvalue weighted by atomic mass is 10.2. The van der Waals surface area contributed by atoms with E-state index >= 15 is 0 Å². The molecule has 6 heteroatoms. The quantitative estimate of drug-likeness (QED) is 0.676. The van der Waals surface area contributed by atoms with Crippen LogP contribution in [0.15, 0.2) is 42.5 Å². The van der Waals surface area contributed by atoms with Crippen LogP contribution in [0.25, 0.3) is 0 Å². The first-order valence-corrected chi connectivity index (χ1v) is 8.95. The van der Waals surface area contributed by atoms with Gasteiger partial charge in [-0.1, -0.05) is 41.4 Å². The Bertz CT molecular complexity index is 679. The average molecular weight is 370 g/mol. The molecule has 0 aliphatic heterocycles. The van der Waals surface area contributed by atoms with Crippen molar-refractivity contribution in [3.8, 4) is 5.75 Å². The number of thioether (sulfide) groups is 1. The van der Waals surface area contributed by atoms with Crippen molar-refractivity contribution in [3.05, 3.63) is 58.1 Å². The molecule has 0 spiro atoms. The largest absolute Gasteiger partial charge is 0.495 e. The highest BCUT2D eigenvalue weighted by molar-refractivity contribution is 7.98. The van der Waals surface area contributed by atoms with Gasteiger partial charge in [0.1, 0.15) is 5.75 Å². The summed E-state index contributed by atoms with van der Waals surface area (Å²) in [7, 11) is 1.55. The molecule has 0 fully saturated rings. The maximum Gasteiger partial charge on any atom is 0.225 e. The minimum Gasteiger partial charge on any atom is -0.495 e. The SMILES string of the molecule is COc1ccc(Cl)cc1NC(=O)CCSCc1ccccc1Cl.